The van der Waals surface area contributed by atoms with Crippen LogP contribution in [0.1, 0.15) is 19.8 Å². The number of aliphatic hydroxyl groups excluding tert-OH is 1. The van der Waals surface area contributed by atoms with Crippen LogP contribution in [0, 0.1) is 0 Å². The fraction of sp³-hybridized carbons (Fsp3) is 1.00. The lowest BCUT2D eigenvalue weighted by molar-refractivity contribution is 0.0687. The van der Waals surface area contributed by atoms with Crippen molar-refractivity contribution in [2.75, 3.05) is 40.0 Å². The maximum atomic E-state index is 8.95. The summed E-state index contributed by atoms with van der Waals surface area (Å²) >= 11 is 0. The van der Waals surface area contributed by atoms with Gasteiger partial charge in [0.25, 0.3) is 0 Å². The Bertz CT molecular complexity index is 110. The normalized spacial score (nSPS) is 13.1. The van der Waals surface area contributed by atoms with Crippen LogP contribution >= 0.6 is 0 Å². The molecule has 0 aromatic heterocycles. The van der Waals surface area contributed by atoms with Gasteiger partial charge in [0.05, 0.1) is 19.3 Å². The summed E-state index contributed by atoms with van der Waals surface area (Å²) in [5.41, 5.74) is 0. The third kappa shape index (κ3) is 11.8. The molecule has 0 aromatic carbocycles. The van der Waals surface area contributed by atoms with Crippen LogP contribution in [0.3, 0.4) is 0 Å². The fourth-order valence-corrected chi connectivity index (χ4v) is 1.01. The second kappa shape index (κ2) is 10.9. The fourth-order valence-electron chi connectivity index (χ4n) is 1.01. The van der Waals surface area contributed by atoms with Gasteiger partial charge in [-0.15, -0.1) is 0 Å². The van der Waals surface area contributed by atoms with Crippen LogP contribution in [0.5, 0.6) is 0 Å². The number of rotatable bonds is 10. The molecule has 0 bridgehead atoms. The van der Waals surface area contributed by atoms with E-state index in [2.05, 4.69) is 5.32 Å². The van der Waals surface area contributed by atoms with Crippen molar-refractivity contribution in [1.29, 1.82) is 0 Å². The molecule has 2 N–H and O–H groups in total. The van der Waals surface area contributed by atoms with Crippen molar-refractivity contribution in [3.63, 3.8) is 0 Å². The summed E-state index contributed by atoms with van der Waals surface area (Å²) in [6.07, 6.45) is 1.88. The van der Waals surface area contributed by atoms with Gasteiger partial charge >= 0.3 is 0 Å². The smallest absolute Gasteiger partial charge is 0.0700 e. The molecule has 4 heteroatoms. The largest absolute Gasteiger partial charge is 0.392 e. The lowest BCUT2D eigenvalue weighted by Crippen LogP contribution is -2.25. The molecule has 1 unspecified atom stereocenters. The minimum Gasteiger partial charge on any atom is -0.392 e. The second-order valence-electron chi connectivity index (χ2n) is 3.37. The minimum absolute atomic E-state index is 0.257. The van der Waals surface area contributed by atoms with E-state index in [-0.39, 0.29) is 6.10 Å². The van der Waals surface area contributed by atoms with E-state index in [1.165, 1.54) is 0 Å². The Morgan fingerprint density at radius 3 is 2.64 bits per heavy atom. The average molecular weight is 205 g/mol. The summed E-state index contributed by atoms with van der Waals surface area (Å²) < 4.78 is 10.1. The van der Waals surface area contributed by atoms with Gasteiger partial charge < -0.3 is 19.9 Å². The van der Waals surface area contributed by atoms with E-state index in [1.807, 2.05) is 0 Å². The highest BCUT2D eigenvalue weighted by molar-refractivity contribution is 4.52. The Kier molecular flexibility index (Phi) is 10.8. The average Bonchev–Trinajstić information content (AvgIpc) is 2.15. The first kappa shape index (κ1) is 13.8. The van der Waals surface area contributed by atoms with Gasteiger partial charge in [0.2, 0.25) is 0 Å². The summed E-state index contributed by atoms with van der Waals surface area (Å²) in [5.74, 6) is 0. The molecule has 0 aliphatic carbocycles. The van der Waals surface area contributed by atoms with Crippen molar-refractivity contribution in [2.45, 2.75) is 25.9 Å². The number of aliphatic hydroxyl groups is 1. The molecule has 14 heavy (non-hydrogen) atoms. The molecule has 0 radical (unpaired) electrons. The maximum Gasteiger partial charge on any atom is 0.0700 e. The highest BCUT2D eigenvalue weighted by Crippen LogP contribution is 1.89. The van der Waals surface area contributed by atoms with Gasteiger partial charge in [0.1, 0.15) is 0 Å². The summed E-state index contributed by atoms with van der Waals surface area (Å²) in [6.45, 7) is 5.53. The zero-order valence-corrected chi connectivity index (χ0v) is 9.29. The van der Waals surface area contributed by atoms with Crippen LogP contribution in [-0.2, 0) is 9.47 Å². The molecule has 0 aliphatic heterocycles. The summed E-state index contributed by atoms with van der Waals surface area (Å²) in [6, 6.07) is 0. The molecule has 0 aliphatic rings. The zero-order valence-electron chi connectivity index (χ0n) is 9.29. The lowest BCUT2D eigenvalue weighted by atomic mass is 10.3. The van der Waals surface area contributed by atoms with E-state index in [4.69, 9.17) is 14.6 Å². The number of hydrogen-bond donors (Lipinski definition) is 2. The topological polar surface area (TPSA) is 50.7 Å². The molecule has 0 aromatic rings. The molecule has 0 saturated heterocycles. The summed E-state index contributed by atoms with van der Waals surface area (Å²) in [4.78, 5) is 0. The first-order valence-corrected chi connectivity index (χ1v) is 5.23. The lowest BCUT2D eigenvalue weighted by Gasteiger charge is -2.06. The van der Waals surface area contributed by atoms with E-state index in [9.17, 15) is 0 Å². The third-order valence-electron chi connectivity index (χ3n) is 1.76. The van der Waals surface area contributed by atoms with Crippen molar-refractivity contribution >= 4 is 0 Å². The maximum absolute atomic E-state index is 8.95. The molecule has 0 fully saturated rings. The molecule has 0 heterocycles. The van der Waals surface area contributed by atoms with Crippen molar-refractivity contribution in [3.05, 3.63) is 0 Å². The quantitative estimate of drug-likeness (QED) is 0.507. The Balaban J connectivity index is 2.85. The SMILES string of the molecule is COCCOCCCCNCC(C)O. The zero-order chi connectivity index (χ0) is 10.6. The van der Waals surface area contributed by atoms with Crippen LogP contribution in [-0.4, -0.2) is 51.2 Å². The predicted molar refractivity (Wildman–Crippen MR) is 56.5 cm³/mol. The van der Waals surface area contributed by atoms with E-state index >= 15 is 0 Å². The van der Waals surface area contributed by atoms with E-state index in [0.29, 0.717) is 19.8 Å². The predicted octanol–water partition coefficient (Wildman–Crippen LogP) is 0.400. The van der Waals surface area contributed by atoms with Crippen molar-refractivity contribution < 1.29 is 14.6 Å². The van der Waals surface area contributed by atoms with Crippen molar-refractivity contribution in [1.82, 2.24) is 5.32 Å². The molecular weight excluding hydrogens is 182 g/mol. The van der Waals surface area contributed by atoms with Gasteiger partial charge in [-0.25, -0.2) is 0 Å². The summed E-state index contributed by atoms with van der Waals surface area (Å²) in [5, 5.41) is 12.1. The van der Waals surface area contributed by atoms with Gasteiger partial charge in [-0.1, -0.05) is 0 Å². The Hall–Kier alpha value is -0.160. The van der Waals surface area contributed by atoms with E-state index in [1.54, 1.807) is 14.0 Å². The number of ether oxygens (including phenoxy) is 2. The van der Waals surface area contributed by atoms with Gasteiger partial charge in [-0.05, 0) is 26.3 Å². The minimum atomic E-state index is -0.257. The Morgan fingerprint density at radius 1 is 1.21 bits per heavy atom. The second-order valence-corrected chi connectivity index (χ2v) is 3.37. The first-order chi connectivity index (χ1) is 6.77. The van der Waals surface area contributed by atoms with Gasteiger partial charge in [-0.3, -0.25) is 0 Å². The van der Waals surface area contributed by atoms with Crippen LogP contribution in [0.2, 0.25) is 0 Å². The molecule has 86 valence electrons. The molecule has 0 rings (SSSR count). The van der Waals surface area contributed by atoms with Gasteiger partial charge in [-0.2, -0.15) is 0 Å². The number of unbranched alkanes of at least 4 members (excludes halogenated alkanes) is 1. The summed E-state index contributed by atoms with van der Waals surface area (Å²) in [7, 11) is 1.67. The molecule has 0 spiro atoms. The van der Waals surface area contributed by atoms with Crippen LogP contribution in [0.25, 0.3) is 0 Å². The first-order valence-electron chi connectivity index (χ1n) is 5.23. The van der Waals surface area contributed by atoms with E-state index in [0.717, 1.165) is 26.0 Å². The van der Waals surface area contributed by atoms with E-state index < -0.39 is 0 Å². The number of hydrogen-bond acceptors (Lipinski definition) is 4. The molecule has 0 saturated carbocycles. The van der Waals surface area contributed by atoms with Crippen LogP contribution < -0.4 is 5.32 Å². The Labute approximate surface area is 86.6 Å². The molecule has 4 nitrogen and oxygen atoms in total. The molecule has 0 amide bonds. The molecule has 1 atom stereocenters. The highest BCUT2D eigenvalue weighted by atomic mass is 16.5. The monoisotopic (exact) mass is 205 g/mol. The van der Waals surface area contributed by atoms with Crippen molar-refractivity contribution in [2.24, 2.45) is 0 Å². The highest BCUT2D eigenvalue weighted by Gasteiger charge is 1.94. The standard InChI is InChI=1S/C10H23NO3/c1-10(12)9-11-5-3-4-6-14-8-7-13-2/h10-12H,3-9H2,1-2H3. The van der Waals surface area contributed by atoms with Crippen molar-refractivity contribution in [3.8, 4) is 0 Å². The van der Waals surface area contributed by atoms with Gasteiger partial charge in [0.15, 0.2) is 0 Å². The molecular formula is C10H23NO3. The number of nitrogens with one attached hydrogen (secondary N) is 1. The Morgan fingerprint density at radius 2 is 2.00 bits per heavy atom. The van der Waals surface area contributed by atoms with Crippen LogP contribution in [0.4, 0.5) is 0 Å². The third-order valence-corrected chi connectivity index (χ3v) is 1.76. The van der Waals surface area contributed by atoms with Gasteiger partial charge in [0, 0.05) is 20.3 Å². The van der Waals surface area contributed by atoms with Crippen LogP contribution in [0.15, 0.2) is 0 Å². The number of methoxy groups -OCH3 is 1.